The van der Waals surface area contributed by atoms with Gasteiger partial charge >= 0.3 is 0 Å². The van der Waals surface area contributed by atoms with Crippen molar-refractivity contribution in [2.45, 2.75) is 19.3 Å². The largest absolute Gasteiger partial charge is 0.497 e. The molecular formula is C7H9NO. The molecule has 2 heteroatoms. The summed E-state index contributed by atoms with van der Waals surface area (Å²) in [4.78, 5) is 0. The average molecular weight is 123 g/mol. The summed E-state index contributed by atoms with van der Waals surface area (Å²) in [5, 5.41) is 8.21. The van der Waals surface area contributed by atoms with E-state index in [1.54, 1.807) is 0 Å². The third-order valence-electron chi connectivity index (χ3n) is 1.33. The summed E-state index contributed by atoms with van der Waals surface area (Å²) in [5.74, 6) is 0.851. The van der Waals surface area contributed by atoms with Gasteiger partial charge in [0.05, 0.1) is 18.8 Å². The van der Waals surface area contributed by atoms with E-state index in [-0.39, 0.29) is 0 Å². The first kappa shape index (κ1) is 6.15. The summed E-state index contributed by atoms with van der Waals surface area (Å²) in [7, 11) is 0. The minimum absolute atomic E-state index is 0.785. The second-order valence-corrected chi connectivity index (χ2v) is 2.05. The highest BCUT2D eigenvalue weighted by Crippen LogP contribution is 2.14. The van der Waals surface area contributed by atoms with Gasteiger partial charge in [0.2, 0.25) is 0 Å². The molecule has 0 aromatic heterocycles. The van der Waals surface area contributed by atoms with Crippen LogP contribution in [-0.4, -0.2) is 6.61 Å². The van der Waals surface area contributed by atoms with E-state index in [0.29, 0.717) is 0 Å². The van der Waals surface area contributed by atoms with Gasteiger partial charge < -0.3 is 4.74 Å². The lowest BCUT2D eigenvalue weighted by Crippen LogP contribution is -2.01. The number of ether oxygens (including phenoxy) is 1. The first-order valence-electron chi connectivity index (χ1n) is 3.15. The molecule has 0 saturated carbocycles. The molecule has 0 spiro atoms. The molecule has 2 nitrogen and oxygen atoms in total. The SMILES string of the molecule is N#CC=C1CCCCO1. The van der Waals surface area contributed by atoms with E-state index < -0.39 is 0 Å². The van der Waals surface area contributed by atoms with E-state index in [0.717, 1.165) is 31.6 Å². The van der Waals surface area contributed by atoms with Gasteiger partial charge in [0.15, 0.2) is 0 Å². The fourth-order valence-corrected chi connectivity index (χ4v) is 0.863. The lowest BCUT2D eigenvalue weighted by molar-refractivity contribution is 0.166. The molecule has 0 aliphatic carbocycles. The van der Waals surface area contributed by atoms with Crippen molar-refractivity contribution in [2.75, 3.05) is 6.61 Å². The highest BCUT2D eigenvalue weighted by Gasteiger charge is 2.03. The third-order valence-corrected chi connectivity index (χ3v) is 1.33. The Morgan fingerprint density at radius 2 is 2.44 bits per heavy atom. The van der Waals surface area contributed by atoms with Gasteiger partial charge in [0.1, 0.15) is 5.76 Å². The van der Waals surface area contributed by atoms with E-state index >= 15 is 0 Å². The van der Waals surface area contributed by atoms with Crippen LogP contribution in [0, 0.1) is 11.3 Å². The quantitative estimate of drug-likeness (QED) is 0.458. The summed E-state index contributed by atoms with van der Waals surface area (Å²) < 4.78 is 5.16. The van der Waals surface area contributed by atoms with Crippen molar-refractivity contribution in [1.29, 1.82) is 5.26 Å². The van der Waals surface area contributed by atoms with Crippen molar-refractivity contribution in [2.24, 2.45) is 0 Å². The normalized spacial score (nSPS) is 22.8. The van der Waals surface area contributed by atoms with Crippen molar-refractivity contribution < 1.29 is 4.74 Å². The average Bonchev–Trinajstić information content (AvgIpc) is 1.91. The fourth-order valence-electron chi connectivity index (χ4n) is 0.863. The Balaban J connectivity index is 2.42. The molecule has 1 aliphatic heterocycles. The highest BCUT2D eigenvalue weighted by molar-refractivity contribution is 5.08. The Bertz CT molecular complexity index is 147. The van der Waals surface area contributed by atoms with Crippen LogP contribution in [0.25, 0.3) is 0 Å². The standard InChI is InChI=1S/C7H9NO/c8-5-4-7-3-1-2-6-9-7/h4H,1-3,6H2. The first-order valence-corrected chi connectivity index (χ1v) is 3.15. The molecule has 1 heterocycles. The Morgan fingerprint density at radius 1 is 1.56 bits per heavy atom. The van der Waals surface area contributed by atoms with E-state index in [2.05, 4.69) is 0 Å². The van der Waals surface area contributed by atoms with Crippen molar-refractivity contribution in [3.63, 3.8) is 0 Å². The lowest BCUT2D eigenvalue weighted by Gasteiger charge is -2.13. The molecule has 9 heavy (non-hydrogen) atoms. The van der Waals surface area contributed by atoms with Gasteiger partial charge in [-0.3, -0.25) is 0 Å². The molecule has 1 saturated heterocycles. The summed E-state index contributed by atoms with van der Waals surface area (Å²) in [6.07, 6.45) is 4.71. The summed E-state index contributed by atoms with van der Waals surface area (Å²) in [6.45, 7) is 0.785. The second-order valence-electron chi connectivity index (χ2n) is 2.05. The van der Waals surface area contributed by atoms with Gasteiger partial charge in [0.25, 0.3) is 0 Å². The summed E-state index contributed by atoms with van der Waals surface area (Å²) in [6, 6.07) is 1.95. The van der Waals surface area contributed by atoms with Crippen LogP contribution in [0.4, 0.5) is 0 Å². The summed E-state index contributed by atoms with van der Waals surface area (Å²) >= 11 is 0. The molecule has 1 aliphatic rings. The Labute approximate surface area is 54.7 Å². The van der Waals surface area contributed by atoms with Crippen LogP contribution in [0.5, 0.6) is 0 Å². The van der Waals surface area contributed by atoms with Crippen LogP contribution in [0.1, 0.15) is 19.3 Å². The lowest BCUT2D eigenvalue weighted by atomic mass is 10.2. The molecule has 0 atom stereocenters. The van der Waals surface area contributed by atoms with E-state index in [4.69, 9.17) is 10.00 Å². The van der Waals surface area contributed by atoms with Crippen LogP contribution < -0.4 is 0 Å². The molecular weight excluding hydrogens is 114 g/mol. The predicted molar refractivity (Wildman–Crippen MR) is 33.5 cm³/mol. The first-order chi connectivity index (χ1) is 4.43. The second kappa shape index (κ2) is 3.13. The van der Waals surface area contributed by atoms with Crippen LogP contribution in [0.3, 0.4) is 0 Å². The van der Waals surface area contributed by atoms with Crippen LogP contribution in [-0.2, 0) is 4.74 Å². The van der Waals surface area contributed by atoms with Crippen LogP contribution >= 0.6 is 0 Å². The fraction of sp³-hybridized carbons (Fsp3) is 0.571. The zero-order valence-electron chi connectivity index (χ0n) is 5.26. The van der Waals surface area contributed by atoms with Crippen LogP contribution in [0.2, 0.25) is 0 Å². The van der Waals surface area contributed by atoms with Crippen LogP contribution in [0.15, 0.2) is 11.8 Å². The minimum atomic E-state index is 0.785. The molecule has 1 rings (SSSR count). The van der Waals surface area contributed by atoms with E-state index in [9.17, 15) is 0 Å². The molecule has 0 aromatic carbocycles. The molecule has 1 fully saturated rings. The molecule has 0 radical (unpaired) electrons. The number of rotatable bonds is 0. The maximum atomic E-state index is 8.21. The molecule has 0 bridgehead atoms. The van der Waals surface area contributed by atoms with Gasteiger partial charge in [0, 0.05) is 6.42 Å². The molecule has 48 valence electrons. The Morgan fingerprint density at radius 3 is 3.00 bits per heavy atom. The number of allylic oxidation sites excluding steroid dienone is 2. The van der Waals surface area contributed by atoms with Gasteiger partial charge in [-0.15, -0.1) is 0 Å². The number of hydrogen-bond acceptors (Lipinski definition) is 2. The van der Waals surface area contributed by atoms with Crippen molar-refractivity contribution in [3.05, 3.63) is 11.8 Å². The molecule has 0 unspecified atom stereocenters. The molecule has 0 N–H and O–H groups in total. The zero-order valence-corrected chi connectivity index (χ0v) is 5.26. The van der Waals surface area contributed by atoms with Gasteiger partial charge in [-0.25, -0.2) is 0 Å². The Kier molecular flexibility index (Phi) is 2.14. The Hall–Kier alpha value is -0.970. The predicted octanol–water partition coefficient (Wildman–Crippen LogP) is 1.59. The smallest absolute Gasteiger partial charge is 0.106 e. The maximum Gasteiger partial charge on any atom is 0.106 e. The van der Waals surface area contributed by atoms with E-state index in [1.165, 1.54) is 6.08 Å². The maximum absolute atomic E-state index is 8.21. The van der Waals surface area contributed by atoms with Crippen molar-refractivity contribution >= 4 is 0 Å². The van der Waals surface area contributed by atoms with E-state index in [1.807, 2.05) is 6.07 Å². The molecule has 0 amide bonds. The van der Waals surface area contributed by atoms with Gasteiger partial charge in [-0.2, -0.15) is 5.26 Å². The summed E-state index contributed by atoms with van der Waals surface area (Å²) in [5.41, 5.74) is 0. The van der Waals surface area contributed by atoms with Gasteiger partial charge in [-0.05, 0) is 12.8 Å². The number of nitriles is 1. The molecule has 0 aromatic rings. The third kappa shape index (κ3) is 1.77. The minimum Gasteiger partial charge on any atom is -0.497 e. The zero-order chi connectivity index (χ0) is 6.53. The monoisotopic (exact) mass is 123 g/mol. The van der Waals surface area contributed by atoms with Crippen molar-refractivity contribution in [3.8, 4) is 6.07 Å². The number of nitrogens with zero attached hydrogens (tertiary/aromatic N) is 1. The van der Waals surface area contributed by atoms with Gasteiger partial charge in [-0.1, -0.05) is 0 Å². The topological polar surface area (TPSA) is 33.0 Å². The van der Waals surface area contributed by atoms with Crippen molar-refractivity contribution in [1.82, 2.24) is 0 Å². The highest BCUT2D eigenvalue weighted by atomic mass is 16.5. The number of hydrogen-bond donors (Lipinski definition) is 0.